The van der Waals surface area contributed by atoms with Gasteiger partial charge < -0.3 is 24.1 Å². The highest BCUT2D eigenvalue weighted by Gasteiger charge is 2.18. The summed E-state index contributed by atoms with van der Waals surface area (Å²) in [5, 5.41) is 6.67. The molecule has 0 atom stereocenters. The molecule has 0 aliphatic carbocycles. The van der Waals surface area contributed by atoms with Crippen molar-refractivity contribution in [3.63, 3.8) is 0 Å². The van der Waals surface area contributed by atoms with Gasteiger partial charge in [0.05, 0.1) is 42.3 Å². The number of ether oxygens (including phenoxy) is 2. The first kappa shape index (κ1) is 26.7. The molecule has 4 rings (SSSR count). The lowest BCUT2D eigenvalue weighted by molar-refractivity contribution is -0.115. The zero-order valence-electron chi connectivity index (χ0n) is 19.8. The number of benzene rings is 2. The molecule has 0 saturated carbocycles. The van der Waals surface area contributed by atoms with Gasteiger partial charge in [0.15, 0.2) is 5.11 Å². The number of thiocarbonyl (C=S) groups is 1. The number of esters is 1. The summed E-state index contributed by atoms with van der Waals surface area (Å²) < 4.78 is 16.0. The Labute approximate surface area is 229 Å². The summed E-state index contributed by atoms with van der Waals surface area (Å²) in [6, 6.07) is 13.7. The molecule has 3 aromatic rings. The zero-order chi connectivity index (χ0) is 26.4. The van der Waals surface area contributed by atoms with E-state index in [1.165, 1.54) is 19.3 Å². The Kier molecular flexibility index (Phi) is 8.83. The minimum atomic E-state index is -0.479. The predicted octanol–water partition coefficient (Wildman–Crippen LogP) is 5.40. The summed E-state index contributed by atoms with van der Waals surface area (Å²) in [6.07, 6.45) is 2.82. The third-order valence-corrected chi connectivity index (χ3v) is 6.23. The molecule has 2 heterocycles. The van der Waals surface area contributed by atoms with Crippen LogP contribution in [0.5, 0.6) is 0 Å². The summed E-state index contributed by atoms with van der Waals surface area (Å²) in [7, 11) is 1.31. The van der Waals surface area contributed by atoms with E-state index in [4.69, 9.17) is 49.3 Å². The number of nitrogens with zero attached hydrogens (tertiary/aromatic N) is 1. The molecule has 0 unspecified atom stereocenters. The Hall–Kier alpha value is -3.37. The van der Waals surface area contributed by atoms with E-state index >= 15 is 0 Å². The summed E-state index contributed by atoms with van der Waals surface area (Å²) in [5.41, 5.74) is 2.43. The number of hydrogen-bond acceptors (Lipinski definition) is 7. The average Bonchev–Trinajstić information content (AvgIpc) is 3.36. The van der Waals surface area contributed by atoms with Gasteiger partial charge in [-0.05, 0) is 66.8 Å². The van der Waals surface area contributed by atoms with E-state index in [1.54, 1.807) is 42.5 Å². The number of anilines is 2. The van der Waals surface area contributed by atoms with E-state index in [1.807, 2.05) is 6.07 Å². The molecular weight excluding hydrogens is 537 g/mol. The number of methoxy groups -OCH3 is 1. The second-order valence-corrected chi connectivity index (χ2v) is 9.18. The van der Waals surface area contributed by atoms with E-state index in [9.17, 15) is 9.59 Å². The van der Waals surface area contributed by atoms with Crippen molar-refractivity contribution in [1.29, 1.82) is 0 Å². The topological polar surface area (TPSA) is 93.0 Å². The minimum Gasteiger partial charge on any atom is -0.465 e. The van der Waals surface area contributed by atoms with Crippen LogP contribution in [0.3, 0.4) is 0 Å². The van der Waals surface area contributed by atoms with Crippen molar-refractivity contribution in [2.45, 2.75) is 0 Å². The summed E-state index contributed by atoms with van der Waals surface area (Å²) in [5.74, 6) is 0.0552. The van der Waals surface area contributed by atoms with Gasteiger partial charge in [-0.3, -0.25) is 10.1 Å². The van der Waals surface area contributed by atoms with E-state index in [-0.39, 0.29) is 5.11 Å². The molecule has 1 aliphatic rings. The molecule has 0 bridgehead atoms. The highest BCUT2D eigenvalue weighted by Crippen LogP contribution is 2.32. The number of rotatable bonds is 6. The SMILES string of the molecule is COC(=O)c1ccc(N2CCOCC2)c(NC(=S)NC(=O)/C=C/c2ccc(-c3ccc(Cl)cc3Cl)o2)c1. The second-order valence-electron chi connectivity index (χ2n) is 7.93. The molecule has 1 saturated heterocycles. The monoisotopic (exact) mass is 559 g/mol. The number of morpholine rings is 1. The molecule has 2 aromatic carbocycles. The molecule has 11 heteroatoms. The van der Waals surface area contributed by atoms with Crippen molar-refractivity contribution < 1.29 is 23.5 Å². The molecule has 1 aliphatic heterocycles. The lowest BCUT2D eigenvalue weighted by atomic mass is 10.1. The number of amides is 1. The molecule has 1 amide bonds. The Balaban J connectivity index is 1.42. The Morgan fingerprint density at radius 2 is 1.86 bits per heavy atom. The molecule has 1 fully saturated rings. The first-order chi connectivity index (χ1) is 17.8. The molecule has 0 spiro atoms. The van der Waals surface area contributed by atoms with Crippen LogP contribution in [-0.2, 0) is 14.3 Å². The van der Waals surface area contributed by atoms with Gasteiger partial charge in [0, 0.05) is 29.8 Å². The molecule has 1 aromatic heterocycles. The van der Waals surface area contributed by atoms with Gasteiger partial charge >= 0.3 is 5.97 Å². The van der Waals surface area contributed by atoms with Gasteiger partial charge in [0.1, 0.15) is 11.5 Å². The molecular formula is C26H23Cl2N3O5S. The quantitative estimate of drug-likeness (QED) is 0.235. The number of carbonyl (C=O) groups is 2. The maximum atomic E-state index is 12.5. The van der Waals surface area contributed by atoms with Crippen LogP contribution >= 0.6 is 35.4 Å². The van der Waals surface area contributed by atoms with Gasteiger partial charge in [0.2, 0.25) is 5.91 Å². The molecule has 37 heavy (non-hydrogen) atoms. The number of nitrogens with one attached hydrogen (secondary N) is 2. The van der Waals surface area contributed by atoms with Gasteiger partial charge in [-0.2, -0.15) is 0 Å². The van der Waals surface area contributed by atoms with E-state index in [0.29, 0.717) is 64.7 Å². The Morgan fingerprint density at radius 3 is 2.59 bits per heavy atom. The standard InChI is InChI=1S/C26H23Cl2N3O5S/c1-34-25(33)16-2-7-22(31-10-12-35-13-11-31)21(14-16)29-26(37)30-24(32)9-5-18-4-8-23(36-18)19-6-3-17(27)15-20(19)28/h2-9,14-15H,10-13H2,1H3,(H2,29,30,32,37)/b9-5+. The predicted molar refractivity (Wildman–Crippen MR) is 148 cm³/mol. The Bertz CT molecular complexity index is 1350. The minimum absolute atomic E-state index is 0.0688. The number of carbonyl (C=O) groups excluding carboxylic acids is 2. The van der Waals surface area contributed by atoms with E-state index in [0.717, 1.165) is 5.69 Å². The Morgan fingerprint density at radius 1 is 1.08 bits per heavy atom. The smallest absolute Gasteiger partial charge is 0.337 e. The summed E-state index contributed by atoms with van der Waals surface area (Å²) in [4.78, 5) is 26.6. The molecule has 2 N–H and O–H groups in total. The maximum Gasteiger partial charge on any atom is 0.337 e. The van der Waals surface area contributed by atoms with Crippen molar-refractivity contribution >= 4 is 69.9 Å². The fourth-order valence-corrected chi connectivity index (χ4v) is 4.41. The van der Waals surface area contributed by atoms with Crippen LogP contribution in [0.4, 0.5) is 11.4 Å². The highest BCUT2D eigenvalue weighted by molar-refractivity contribution is 7.80. The fourth-order valence-electron chi connectivity index (χ4n) is 3.70. The van der Waals surface area contributed by atoms with Gasteiger partial charge in [-0.15, -0.1) is 0 Å². The first-order valence-corrected chi connectivity index (χ1v) is 12.4. The molecule has 8 nitrogen and oxygen atoms in total. The van der Waals surface area contributed by atoms with Crippen LogP contribution in [-0.4, -0.2) is 50.4 Å². The van der Waals surface area contributed by atoms with Crippen LogP contribution in [0.15, 0.2) is 59.0 Å². The lowest BCUT2D eigenvalue weighted by Gasteiger charge is -2.31. The van der Waals surface area contributed by atoms with Crippen LogP contribution in [0.1, 0.15) is 16.1 Å². The lowest BCUT2D eigenvalue weighted by Crippen LogP contribution is -2.38. The van der Waals surface area contributed by atoms with Gasteiger partial charge in [-0.25, -0.2) is 4.79 Å². The van der Waals surface area contributed by atoms with Gasteiger partial charge in [0.25, 0.3) is 0 Å². The molecule has 192 valence electrons. The fraction of sp³-hybridized carbons (Fsp3) is 0.192. The summed E-state index contributed by atoms with van der Waals surface area (Å²) >= 11 is 17.5. The highest BCUT2D eigenvalue weighted by atomic mass is 35.5. The van der Waals surface area contributed by atoms with Crippen LogP contribution in [0.25, 0.3) is 17.4 Å². The van der Waals surface area contributed by atoms with Crippen LogP contribution in [0, 0.1) is 0 Å². The van der Waals surface area contributed by atoms with Crippen molar-refractivity contribution in [2.24, 2.45) is 0 Å². The van der Waals surface area contributed by atoms with Crippen molar-refractivity contribution in [1.82, 2.24) is 5.32 Å². The third-order valence-electron chi connectivity index (χ3n) is 5.48. The van der Waals surface area contributed by atoms with E-state index in [2.05, 4.69) is 15.5 Å². The third kappa shape index (κ3) is 6.90. The zero-order valence-corrected chi connectivity index (χ0v) is 22.1. The second kappa shape index (κ2) is 12.2. The normalized spacial score (nSPS) is 13.4. The maximum absolute atomic E-state index is 12.5. The summed E-state index contributed by atoms with van der Waals surface area (Å²) in [6.45, 7) is 2.53. The molecule has 0 radical (unpaired) electrons. The van der Waals surface area contributed by atoms with E-state index < -0.39 is 11.9 Å². The largest absolute Gasteiger partial charge is 0.465 e. The van der Waals surface area contributed by atoms with Crippen molar-refractivity contribution in [3.8, 4) is 11.3 Å². The average molecular weight is 560 g/mol. The van der Waals surface area contributed by atoms with Crippen LogP contribution in [0.2, 0.25) is 10.0 Å². The van der Waals surface area contributed by atoms with Crippen LogP contribution < -0.4 is 15.5 Å². The van der Waals surface area contributed by atoms with Gasteiger partial charge in [-0.1, -0.05) is 23.2 Å². The first-order valence-electron chi connectivity index (χ1n) is 11.2. The number of halogens is 2. The number of furan rings is 1. The van der Waals surface area contributed by atoms with Crippen molar-refractivity contribution in [3.05, 3.63) is 76.0 Å². The van der Waals surface area contributed by atoms with Crippen molar-refractivity contribution in [2.75, 3.05) is 43.6 Å². The number of hydrogen-bond donors (Lipinski definition) is 2.